The third kappa shape index (κ3) is 3.92. The van der Waals surface area contributed by atoms with Gasteiger partial charge in [-0.05, 0) is 56.2 Å². The fourth-order valence-corrected chi connectivity index (χ4v) is 3.00. The third-order valence-corrected chi connectivity index (χ3v) is 3.91. The van der Waals surface area contributed by atoms with Gasteiger partial charge in [-0.2, -0.15) is 11.8 Å². The molecule has 2 heterocycles. The number of hydrogen-bond donors (Lipinski definition) is 1. The molecule has 1 aliphatic heterocycles. The van der Waals surface area contributed by atoms with Crippen LogP contribution in [-0.4, -0.2) is 18.8 Å². The van der Waals surface area contributed by atoms with Crippen LogP contribution in [0.5, 0.6) is 0 Å². The van der Waals surface area contributed by atoms with Crippen LogP contribution >= 0.6 is 11.8 Å². The van der Waals surface area contributed by atoms with E-state index in [1.165, 1.54) is 38.1 Å². The molecule has 3 heteroatoms. The van der Waals surface area contributed by atoms with Gasteiger partial charge in [0.15, 0.2) is 0 Å². The maximum absolute atomic E-state index is 5.29. The van der Waals surface area contributed by atoms with Crippen molar-refractivity contribution in [1.82, 2.24) is 5.32 Å². The first-order valence-electron chi connectivity index (χ1n) is 5.76. The lowest BCUT2D eigenvalue weighted by molar-refractivity contribution is 0.371. The maximum atomic E-state index is 5.29. The Kier molecular flexibility index (Phi) is 4.61. The van der Waals surface area contributed by atoms with E-state index in [0.29, 0.717) is 0 Å². The third-order valence-electron chi connectivity index (χ3n) is 2.89. The molecule has 1 fully saturated rings. The standard InChI is InChI=1S/C12H19NOS/c1-3-11(9-13-6-1)5-8-15-10-12-4-2-7-14-12/h2,4,7,11,13H,1,3,5-6,8-10H2. The van der Waals surface area contributed by atoms with E-state index in [4.69, 9.17) is 4.42 Å². The molecule has 0 bridgehead atoms. The van der Waals surface area contributed by atoms with Crippen molar-refractivity contribution in [2.75, 3.05) is 18.8 Å². The number of piperidine rings is 1. The number of thioether (sulfide) groups is 1. The summed E-state index contributed by atoms with van der Waals surface area (Å²) in [7, 11) is 0. The Hall–Kier alpha value is -0.410. The summed E-state index contributed by atoms with van der Waals surface area (Å²) in [6.07, 6.45) is 5.86. The van der Waals surface area contributed by atoms with E-state index in [1.807, 2.05) is 17.8 Å². The number of hydrogen-bond acceptors (Lipinski definition) is 3. The van der Waals surface area contributed by atoms with Gasteiger partial charge in [0.2, 0.25) is 0 Å². The first kappa shape index (κ1) is 11.1. The molecule has 1 N–H and O–H groups in total. The molecule has 1 saturated heterocycles. The molecule has 84 valence electrons. The SMILES string of the molecule is c1coc(CSCCC2CCCNC2)c1. The molecule has 2 nitrogen and oxygen atoms in total. The average Bonchev–Trinajstić information content (AvgIpc) is 2.79. The Bertz CT molecular complexity index is 255. The molecule has 2 rings (SSSR count). The Morgan fingerprint density at radius 1 is 1.53 bits per heavy atom. The van der Waals surface area contributed by atoms with Crippen LogP contribution in [0.4, 0.5) is 0 Å². The summed E-state index contributed by atoms with van der Waals surface area (Å²) in [5.41, 5.74) is 0. The molecule has 1 aromatic rings. The number of furan rings is 1. The highest BCUT2D eigenvalue weighted by Gasteiger charge is 2.12. The predicted molar refractivity (Wildman–Crippen MR) is 65.1 cm³/mol. The van der Waals surface area contributed by atoms with Gasteiger partial charge in [-0.15, -0.1) is 0 Å². The van der Waals surface area contributed by atoms with Gasteiger partial charge in [0, 0.05) is 0 Å². The Morgan fingerprint density at radius 2 is 2.53 bits per heavy atom. The zero-order valence-electron chi connectivity index (χ0n) is 9.08. The van der Waals surface area contributed by atoms with Crippen LogP contribution in [0, 0.1) is 5.92 Å². The number of nitrogens with one attached hydrogen (secondary N) is 1. The molecular formula is C12H19NOS. The number of rotatable bonds is 5. The molecule has 0 aromatic carbocycles. The minimum atomic E-state index is 0.905. The summed E-state index contributed by atoms with van der Waals surface area (Å²) >= 11 is 1.98. The van der Waals surface area contributed by atoms with Crippen molar-refractivity contribution in [2.24, 2.45) is 5.92 Å². The Labute approximate surface area is 95.8 Å². The lowest BCUT2D eigenvalue weighted by Gasteiger charge is -2.22. The van der Waals surface area contributed by atoms with Crippen molar-refractivity contribution in [3.8, 4) is 0 Å². The Morgan fingerprint density at radius 3 is 3.27 bits per heavy atom. The molecule has 1 atom stereocenters. The van der Waals surface area contributed by atoms with Crippen molar-refractivity contribution in [3.05, 3.63) is 24.2 Å². The van der Waals surface area contributed by atoms with Crippen LogP contribution in [0.25, 0.3) is 0 Å². The lowest BCUT2D eigenvalue weighted by atomic mass is 9.97. The van der Waals surface area contributed by atoms with E-state index in [0.717, 1.165) is 17.4 Å². The largest absolute Gasteiger partial charge is 0.468 e. The maximum Gasteiger partial charge on any atom is 0.113 e. The van der Waals surface area contributed by atoms with Gasteiger partial charge >= 0.3 is 0 Å². The second-order valence-corrected chi connectivity index (χ2v) is 5.24. The summed E-state index contributed by atoms with van der Waals surface area (Å²) < 4.78 is 5.29. The molecule has 0 saturated carbocycles. The van der Waals surface area contributed by atoms with E-state index in [2.05, 4.69) is 11.4 Å². The topological polar surface area (TPSA) is 25.2 Å². The summed E-state index contributed by atoms with van der Waals surface area (Å²) in [5, 5.41) is 3.46. The van der Waals surface area contributed by atoms with Crippen molar-refractivity contribution in [1.29, 1.82) is 0 Å². The molecule has 1 aromatic heterocycles. The highest BCUT2D eigenvalue weighted by Crippen LogP contribution is 2.19. The van der Waals surface area contributed by atoms with E-state index >= 15 is 0 Å². The summed E-state index contributed by atoms with van der Waals surface area (Å²) in [4.78, 5) is 0. The zero-order valence-corrected chi connectivity index (χ0v) is 9.89. The molecular weight excluding hydrogens is 206 g/mol. The van der Waals surface area contributed by atoms with Crippen LogP contribution in [-0.2, 0) is 5.75 Å². The quantitative estimate of drug-likeness (QED) is 0.780. The van der Waals surface area contributed by atoms with Gasteiger partial charge < -0.3 is 9.73 Å². The molecule has 0 aliphatic carbocycles. The summed E-state index contributed by atoms with van der Waals surface area (Å²) in [6.45, 7) is 2.44. The smallest absolute Gasteiger partial charge is 0.113 e. The molecule has 1 unspecified atom stereocenters. The highest BCUT2D eigenvalue weighted by molar-refractivity contribution is 7.98. The summed E-state index contributed by atoms with van der Waals surface area (Å²) in [6, 6.07) is 4.01. The second kappa shape index (κ2) is 6.23. The lowest BCUT2D eigenvalue weighted by Crippen LogP contribution is -2.29. The van der Waals surface area contributed by atoms with E-state index < -0.39 is 0 Å². The van der Waals surface area contributed by atoms with Gasteiger partial charge in [0.25, 0.3) is 0 Å². The van der Waals surface area contributed by atoms with Gasteiger partial charge in [0.1, 0.15) is 5.76 Å². The molecule has 0 amide bonds. The van der Waals surface area contributed by atoms with Crippen LogP contribution in [0.1, 0.15) is 25.0 Å². The van der Waals surface area contributed by atoms with Crippen LogP contribution in [0.3, 0.4) is 0 Å². The minimum absolute atomic E-state index is 0.905. The average molecular weight is 225 g/mol. The van der Waals surface area contributed by atoms with Gasteiger partial charge in [-0.3, -0.25) is 0 Å². The van der Waals surface area contributed by atoms with Gasteiger partial charge in [0.05, 0.1) is 12.0 Å². The zero-order chi connectivity index (χ0) is 10.3. The highest BCUT2D eigenvalue weighted by atomic mass is 32.2. The molecule has 0 spiro atoms. The first-order chi connectivity index (χ1) is 7.45. The van der Waals surface area contributed by atoms with Crippen LogP contribution < -0.4 is 5.32 Å². The first-order valence-corrected chi connectivity index (χ1v) is 6.91. The second-order valence-electron chi connectivity index (χ2n) is 4.13. The van der Waals surface area contributed by atoms with E-state index in [-0.39, 0.29) is 0 Å². The monoisotopic (exact) mass is 225 g/mol. The van der Waals surface area contributed by atoms with Gasteiger partial charge in [-0.25, -0.2) is 0 Å². The van der Waals surface area contributed by atoms with Crippen molar-refractivity contribution in [2.45, 2.75) is 25.0 Å². The van der Waals surface area contributed by atoms with Crippen LogP contribution in [0.2, 0.25) is 0 Å². The predicted octanol–water partition coefficient (Wildman–Crippen LogP) is 2.90. The van der Waals surface area contributed by atoms with Crippen molar-refractivity contribution < 1.29 is 4.42 Å². The molecule has 0 radical (unpaired) electrons. The minimum Gasteiger partial charge on any atom is -0.468 e. The fourth-order valence-electron chi connectivity index (χ4n) is 1.99. The van der Waals surface area contributed by atoms with Crippen molar-refractivity contribution >= 4 is 11.8 Å². The molecule has 1 aliphatic rings. The van der Waals surface area contributed by atoms with E-state index in [1.54, 1.807) is 6.26 Å². The Balaban J connectivity index is 1.54. The van der Waals surface area contributed by atoms with Crippen LogP contribution in [0.15, 0.2) is 22.8 Å². The van der Waals surface area contributed by atoms with Crippen molar-refractivity contribution in [3.63, 3.8) is 0 Å². The van der Waals surface area contributed by atoms with E-state index in [9.17, 15) is 0 Å². The normalized spacial score (nSPS) is 21.7. The fraction of sp³-hybridized carbons (Fsp3) is 0.667. The summed E-state index contributed by atoms with van der Waals surface area (Å²) in [5.74, 6) is 4.28. The molecule has 15 heavy (non-hydrogen) atoms. The van der Waals surface area contributed by atoms with Gasteiger partial charge in [-0.1, -0.05) is 0 Å².